The quantitative estimate of drug-likeness (QED) is 0.665. The zero-order valence-electron chi connectivity index (χ0n) is 13.3. The Morgan fingerprint density at radius 3 is 2.76 bits per heavy atom. The third kappa shape index (κ3) is 3.49. The molecule has 0 unspecified atom stereocenters. The first-order valence-corrected chi connectivity index (χ1v) is 7.91. The largest absolute Gasteiger partial charge is 0.378 e. The molecular formula is C18H15ClFN3O2. The van der Waals surface area contributed by atoms with Gasteiger partial charge in [0.1, 0.15) is 5.82 Å². The minimum Gasteiger partial charge on any atom is -0.378 e. The maximum atomic E-state index is 13.9. The molecule has 1 amide bonds. The molecule has 4 N–H and O–H groups in total. The molecule has 0 bridgehead atoms. The minimum absolute atomic E-state index is 0.112. The molecule has 5 nitrogen and oxygen atoms in total. The predicted molar refractivity (Wildman–Crippen MR) is 96.5 cm³/mol. The molecule has 1 heterocycles. The second-order valence-electron chi connectivity index (χ2n) is 5.72. The Labute approximate surface area is 147 Å². The summed E-state index contributed by atoms with van der Waals surface area (Å²) in [7, 11) is 0. The molecule has 3 aromatic rings. The third-order valence-corrected chi connectivity index (χ3v) is 4.11. The van der Waals surface area contributed by atoms with Crippen LogP contribution < -0.4 is 16.6 Å². The van der Waals surface area contributed by atoms with Gasteiger partial charge in [-0.1, -0.05) is 17.7 Å². The fourth-order valence-corrected chi connectivity index (χ4v) is 2.88. The van der Waals surface area contributed by atoms with Crippen molar-refractivity contribution in [3.8, 4) is 0 Å². The third-order valence-electron chi connectivity index (χ3n) is 3.89. The number of rotatable bonds is 4. The highest BCUT2D eigenvalue weighted by molar-refractivity contribution is 6.31. The number of pyridine rings is 1. The Hall–Kier alpha value is -2.86. The average Bonchev–Trinajstić information content (AvgIpc) is 2.55. The zero-order chi connectivity index (χ0) is 18.1. The number of nitrogens with two attached hydrogens (primary N) is 1. The molecule has 0 saturated heterocycles. The maximum absolute atomic E-state index is 13.9. The first kappa shape index (κ1) is 17.0. The summed E-state index contributed by atoms with van der Waals surface area (Å²) >= 11 is 5.88. The average molecular weight is 360 g/mol. The second kappa shape index (κ2) is 6.57. The van der Waals surface area contributed by atoms with E-state index in [0.717, 1.165) is 6.07 Å². The second-order valence-corrected chi connectivity index (χ2v) is 6.15. The van der Waals surface area contributed by atoms with Crippen LogP contribution in [0.25, 0.3) is 10.9 Å². The Bertz CT molecular complexity index is 1030. The van der Waals surface area contributed by atoms with Crippen molar-refractivity contribution in [3.63, 3.8) is 0 Å². The molecule has 0 spiro atoms. The summed E-state index contributed by atoms with van der Waals surface area (Å²) in [6.45, 7) is 1.79. The lowest BCUT2D eigenvalue weighted by molar-refractivity contribution is 0.100. The highest BCUT2D eigenvalue weighted by Gasteiger charge is 2.14. The van der Waals surface area contributed by atoms with Crippen LogP contribution in [-0.4, -0.2) is 10.9 Å². The number of aromatic amines is 1. The normalized spacial score (nSPS) is 12.1. The maximum Gasteiger partial charge on any atom is 0.253 e. The monoisotopic (exact) mass is 359 g/mol. The number of nitrogens with one attached hydrogen (secondary N) is 2. The number of benzene rings is 2. The Kier molecular flexibility index (Phi) is 4.46. The van der Waals surface area contributed by atoms with Crippen LogP contribution in [0.1, 0.15) is 28.9 Å². The van der Waals surface area contributed by atoms with E-state index in [1.54, 1.807) is 43.3 Å². The van der Waals surface area contributed by atoms with E-state index in [4.69, 9.17) is 17.3 Å². The molecule has 0 radical (unpaired) electrons. The molecule has 7 heteroatoms. The van der Waals surface area contributed by atoms with E-state index in [1.165, 1.54) is 0 Å². The molecule has 0 aliphatic carbocycles. The predicted octanol–water partition coefficient (Wildman–Crippen LogP) is 3.59. The van der Waals surface area contributed by atoms with E-state index in [-0.39, 0.29) is 10.5 Å². The van der Waals surface area contributed by atoms with Gasteiger partial charge in [0, 0.05) is 27.2 Å². The number of carbonyl (C=O) groups excluding carboxylic acids is 1. The van der Waals surface area contributed by atoms with Crippen molar-refractivity contribution in [3.05, 3.63) is 74.8 Å². The summed E-state index contributed by atoms with van der Waals surface area (Å²) in [5.41, 5.74) is 6.39. The van der Waals surface area contributed by atoms with Crippen LogP contribution in [0.4, 0.5) is 10.1 Å². The van der Waals surface area contributed by atoms with E-state index < -0.39 is 23.3 Å². The van der Waals surface area contributed by atoms with Gasteiger partial charge in [0.15, 0.2) is 0 Å². The summed E-state index contributed by atoms with van der Waals surface area (Å²) in [5, 5.41) is 3.88. The van der Waals surface area contributed by atoms with Crippen LogP contribution in [0, 0.1) is 5.82 Å². The topological polar surface area (TPSA) is 88.0 Å². The van der Waals surface area contributed by atoms with Gasteiger partial charge in [0.05, 0.1) is 11.6 Å². The Morgan fingerprint density at radius 1 is 1.28 bits per heavy atom. The lowest BCUT2D eigenvalue weighted by Crippen LogP contribution is -2.20. The van der Waals surface area contributed by atoms with Gasteiger partial charge in [0.25, 0.3) is 5.56 Å². The van der Waals surface area contributed by atoms with Crippen LogP contribution in [0.15, 0.2) is 47.3 Å². The molecule has 25 heavy (non-hydrogen) atoms. The van der Waals surface area contributed by atoms with Crippen LogP contribution in [0.2, 0.25) is 5.02 Å². The molecule has 0 aliphatic heterocycles. The minimum atomic E-state index is -0.582. The first-order chi connectivity index (χ1) is 11.8. The Balaban J connectivity index is 1.98. The number of amides is 1. The van der Waals surface area contributed by atoms with Gasteiger partial charge in [-0.25, -0.2) is 4.39 Å². The van der Waals surface area contributed by atoms with Crippen molar-refractivity contribution in [2.75, 3.05) is 5.32 Å². The van der Waals surface area contributed by atoms with E-state index in [9.17, 15) is 14.0 Å². The molecule has 1 aromatic heterocycles. The summed E-state index contributed by atoms with van der Waals surface area (Å²) < 4.78 is 13.9. The van der Waals surface area contributed by atoms with Crippen LogP contribution in [0.3, 0.4) is 0 Å². The fourth-order valence-electron chi connectivity index (χ4n) is 2.67. The van der Waals surface area contributed by atoms with E-state index in [1.807, 2.05) is 0 Å². The highest BCUT2D eigenvalue weighted by atomic mass is 35.5. The van der Waals surface area contributed by atoms with Crippen LogP contribution >= 0.6 is 11.6 Å². The number of primary amides is 1. The highest BCUT2D eigenvalue weighted by Crippen LogP contribution is 2.24. The first-order valence-electron chi connectivity index (χ1n) is 7.53. The summed E-state index contributed by atoms with van der Waals surface area (Å²) in [6.07, 6.45) is 0. The molecule has 0 saturated carbocycles. The van der Waals surface area contributed by atoms with Gasteiger partial charge < -0.3 is 16.0 Å². The van der Waals surface area contributed by atoms with Crippen molar-refractivity contribution in [1.82, 2.24) is 4.98 Å². The zero-order valence-corrected chi connectivity index (χ0v) is 14.0. The number of halogens is 2. The molecule has 3 rings (SSSR count). The number of fused-ring (bicyclic) bond motifs is 1. The van der Waals surface area contributed by atoms with Crippen molar-refractivity contribution in [1.29, 1.82) is 0 Å². The smallest absolute Gasteiger partial charge is 0.253 e. The van der Waals surface area contributed by atoms with Crippen molar-refractivity contribution >= 4 is 34.1 Å². The molecule has 2 aromatic carbocycles. The van der Waals surface area contributed by atoms with E-state index in [2.05, 4.69) is 10.3 Å². The molecule has 0 aliphatic rings. The molecule has 1 atom stereocenters. The molecule has 128 valence electrons. The van der Waals surface area contributed by atoms with Gasteiger partial charge in [-0.05, 0) is 43.3 Å². The standard InChI is InChI=1S/C18H15ClFN3O2/c1-9(22-13-4-2-3-10(6-13)17(21)24)14-7-11-5-12(19)8-15(20)16(11)23-18(14)25/h2-9,22H,1H3,(H2,21,24)(H,23,25)/t9-/m0/s1. The number of anilines is 1. The van der Waals surface area contributed by atoms with Crippen molar-refractivity contribution in [2.24, 2.45) is 5.73 Å². The molecular weight excluding hydrogens is 345 g/mol. The number of H-pyrrole nitrogens is 1. The van der Waals surface area contributed by atoms with Gasteiger partial charge in [-0.15, -0.1) is 0 Å². The summed E-state index contributed by atoms with van der Waals surface area (Å²) in [4.78, 5) is 26.1. The number of hydrogen-bond donors (Lipinski definition) is 3. The van der Waals surface area contributed by atoms with E-state index in [0.29, 0.717) is 22.2 Å². The fraction of sp³-hybridized carbons (Fsp3) is 0.111. The Morgan fingerprint density at radius 2 is 2.04 bits per heavy atom. The van der Waals surface area contributed by atoms with Gasteiger partial charge in [0.2, 0.25) is 5.91 Å². The summed E-state index contributed by atoms with van der Waals surface area (Å²) in [6, 6.07) is 10.6. The van der Waals surface area contributed by atoms with Crippen LogP contribution in [-0.2, 0) is 0 Å². The lowest BCUT2D eigenvalue weighted by atomic mass is 10.1. The number of carbonyl (C=O) groups is 1. The van der Waals surface area contributed by atoms with Gasteiger partial charge >= 0.3 is 0 Å². The van der Waals surface area contributed by atoms with Gasteiger partial charge in [-0.3, -0.25) is 9.59 Å². The number of aromatic nitrogens is 1. The SMILES string of the molecule is C[C@H](Nc1cccc(C(N)=O)c1)c1cc2cc(Cl)cc(F)c2[nH]c1=O. The lowest BCUT2D eigenvalue weighted by Gasteiger charge is -2.16. The van der Waals surface area contributed by atoms with Gasteiger partial charge in [-0.2, -0.15) is 0 Å². The van der Waals surface area contributed by atoms with Crippen molar-refractivity contribution < 1.29 is 9.18 Å². The van der Waals surface area contributed by atoms with Crippen molar-refractivity contribution in [2.45, 2.75) is 13.0 Å². The molecule has 0 fully saturated rings. The van der Waals surface area contributed by atoms with E-state index >= 15 is 0 Å². The summed E-state index contributed by atoms with van der Waals surface area (Å²) in [5.74, 6) is -1.12. The van der Waals surface area contributed by atoms with Crippen LogP contribution in [0.5, 0.6) is 0 Å². The number of hydrogen-bond acceptors (Lipinski definition) is 3.